The molecular formula is C15H13N3O3. The van der Waals surface area contributed by atoms with Crippen LogP contribution in [0.5, 0.6) is 0 Å². The molecule has 1 aliphatic heterocycles. The second-order valence-electron chi connectivity index (χ2n) is 4.79. The van der Waals surface area contributed by atoms with Gasteiger partial charge in [0.2, 0.25) is 5.91 Å². The first kappa shape index (κ1) is 13.1. The average Bonchev–Trinajstić information content (AvgIpc) is 2.77. The van der Waals surface area contributed by atoms with Crippen molar-refractivity contribution in [2.75, 3.05) is 5.32 Å². The molecule has 0 radical (unpaired) electrons. The lowest BCUT2D eigenvalue weighted by molar-refractivity contribution is -0.124. The molecule has 106 valence electrons. The van der Waals surface area contributed by atoms with E-state index >= 15 is 0 Å². The highest BCUT2D eigenvalue weighted by atomic mass is 16.2. The first-order valence-corrected chi connectivity index (χ1v) is 6.52. The van der Waals surface area contributed by atoms with Gasteiger partial charge in [0, 0.05) is 11.1 Å². The molecule has 6 nitrogen and oxygen atoms in total. The highest BCUT2D eigenvalue weighted by molar-refractivity contribution is 6.08. The van der Waals surface area contributed by atoms with Crippen molar-refractivity contribution in [3.63, 3.8) is 0 Å². The van der Waals surface area contributed by atoms with Crippen LogP contribution in [-0.4, -0.2) is 23.9 Å². The lowest BCUT2D eigenvalue weighted by Crippen LogP contribution is -2.33. The third-order valence-electron chi connectivity index (χ3n) is 3.31. The average molecular weight is 283 g/mol. The van der Waals surface area contributed by atoms with Crippen LogP contribution in [0.4, 0.5) is 10.5 Å². The standard InChI is InChI=1S/C15H13N3O3/c19-13(8-12-14(20)18-15(21)17-12)16-11-7-3-5-9-4-1-2-6-10(9)11/h1-7,12H,8H2,(H,16,19)(H2,17,18,20,21)/t12-/m1/s1. The quantitative estimate of drug-likeness (QED) is 0.744. The Morgan fingerprint density at radius 3 is 2.62 bits per heavy atom. The van der Waals surface area contributed by atoms with Gasteiger partial charge in [-0.2, -0.15) is 0 Å². The van der Waals surface area contributed by atoms with Crippen molar-refractivity contribution < 1.29 is 14.4 Å². The van der Waals surface area contributed by atoms with Gasteiger partial charge in [-0.15, -0.1) is 0 Å². The van der Waals surface area contributed by atoms with Crippen LogP contribution in [0.25, 0.3) is 10.8 Å². The highest BCUT2D eigenvalue weighted by Gasteiger charge is 2.31. The Bertz CT molecular complexity index is 737. The molecule has 2 aromatic rings. The van der Waals surface area contributed by atoms with Gasteiger partial charge < -0.3 is 10.6 Å². The van der Waals surface area contributed by atoms with Crippen LogP contribution in [0.3, 0.4) is 0 Å². The smallest absolute Gasteiger partial charge is 0.322 e. The summed E-state index contributed by atoms with van der Waals surface area (Å²) in [4.78, 5) is 34.4. The largest absolute Gasteiger partial charge is 0.325 e. The summed E-state index contributed by atoms with van der Waals surface area (Å²) in [5.74, 6) is -0.804. The van der Waals surface area contributed by atoms with Crippen LogP contribution in [0.15, 0.2) is 42.5 Å². The molecule has 0 aliphatic carbocycles. The van der Waals surface area contributed by atoms with E-state index in [1.54, 1.807) is 6.07 Å². The topological polar surface area (TPSA) is 87.3 Å². The maximum atomic E-state index is 12.0. The van der Waals surface area contributed by atoms with E-state index in [2.05, 4.69) is 16.0 Å². The Morgan fingerprint density at radius 1 is 1.10 bits per heavy atom. The first-order chi connectivity index (χ1) is 10.1. The zero-order valence-corrected chi connectivity index (χ0v) is 11.1. The van der Waals surface area contributed by atoms with Gasteiger partial charge in [0.1, 0.15) is 6.04 Å². The molecule has 0 aromatic heterocycles. The minimum Gasteiger partial charge on any atom is -0.325 e. The maximum Gasteiger partial charge on any atom is 0.322 e. The van der Waals surface area contributed by atoms with E-state index < -0.39 is 18.0 Å². The van der Waals surface area contributed by atoms with Gasteiger partial charge in [0.15, 0.2) is 0 Å². The van der Waals surface area contributed by atoms with E-state index in [1.807, 2.05) is 36.4 Å². The fourth-order valence-electron chi connectivity index (χ4n) is 2.32. The number of carbonyl (C=O) groups excluding carboxylic acids is 3. The molecule has 1 atom stereocenters. The molecule has 0 unspecified atom stereocenters. The third kappa shape index (κ3) is 2.69. The van der Waals surface area contributed by atoms with Crippen molar-refractivity contribution in [3.05, 3.63) is 42.5 Å². The molecule has 2 aromatic carbocycles. The summed E-state index contributed by atoms with van der Waals surface area (Å²) < 4.78 is 0. The maximum absolute atomic E-state index is 12.0. The molecule has 3 rings (SSSR count). The van der Waals surface area contributed by atoms with E-state index in [0.717, 1.165) is 10.8 Å². The molecule has 6 heteroatoms. The molecule has 1 heterocycles. The minimum absolute atomic E-state index is 0.0964. The van der Waals surface area contributed by atoms with E-state index in [0.29, 0.717) is 5.69 Å². The van der Waals surface area contributed by atoms with Gasteiger partial charge in [0.05, 0.1) is 6.42 Å². The lowest BCUT2D eigenvalue weighted by Gasteiger charge is -2.10. The number of nitrogens with one attached hydrogen (secondary N) is 3. The Morgan fingerprint density at radius 2 is 1.86 bits per heavy atom. The molecule has 0 bridgehead atoms. The van der Waals surface area contributed by atoms with E-state index in [9.17, 15) is 14.4 Å². The van der Waals surface area contributed by atoms with E-state index in [4.69, 9.17) is 0 Å². The summed E-state index contributed by atoms with van der Waals surface area (Å²) in [5.41, 5.74) is 0.683. The number of hydrogen-bond acceptors (Lipinski definition) is 3. The Balaban J connectivity index is 1.75. The predicted octanol–water partition coefficient (Wildman–Crippen LogP) is 1.38. The molecular weight excluding hydrogens is 270 g/mol. The summed E-state index contributed by atoms with van der Waals surface area (Å²) >= 11 is 0. The third-order valence-corrected chi connectivity index (χ3v) is 3.31. The van der Waals surface area contributed by atoms with Crippen LogP contribution in [0, 0.1) is 0 Å². The van der Waals surface area contributed by atoms with Gasteiger partial charge >= 0.3 is 6.03 Å². The number of urea groups is 1. The zero-order chi connectivity index (χ0) is 14.8. The number of carbonyl (C=O) groups is 3. The van der Waals surface area contributed by atoms with Gasteiger partial charge in [-0.3, -0.25) is 14.9 Å². The lowest BCUT2D eigenvalue weighted by atomic mass is 10.1. The summed E-state index contributed by atoms with van der Waals surface area (Å²) in [6, 6.07) is 11.9. The molecule has 1 saturated heterocycles. The van der Waals surface area contributed by atoms with Gasteiger partial charge in [-0.25, -0.2) is 4.79 Å². The normalized spacial score (nSPS) is 17.4. The number of amides is 4. The predicted molar refractivity (Wildman–Crippen MR) is 77.7 cm³/mol. The van der Waals surface area contributed by atoms with Crippen LogP contribution < -0.4 is 16.0 Å². The fraction of sp³-hybridized carbons (Fsp3) is 0.133. The number of fused-ring (bicyclic) bond motifs is 1. The van der Waals surface area contributed by atoms with Gasteiger partial charge in [-0.05, 0) is 11.5 Å². The van der Waals surface area contributed by atoms with Crippen LogP contribution in [-0.2, 0) is 9.59 Å². The summed E-state index contributed by atoms with van der Waals surface area (Å²) in [7, 11) is 0. The van der Waals surface area contributed by atoms with Crippen molar-refractivity contribution in [1.82, 2.24) is 10.6 Å². The molecule has 3 N–H and O–H groups in total. The number of rotatable bonds is 3. The van der Waals surface area contributed by atoms with E-state index in [1.165, 1.54) is 0 Å². The van der Waals surface area contributed by atoms with Crippen molar-refractivity contribution in [2.24, 2.45) is 0 Å². The van der Waals surface area contributed by atoms with Crippen molar-refractivity contribution in [2.45, 2.75) is 12.5 Å². The van der Waals surface area contributed by atoms with Crippen molar-refractivity contribution >= 4 is 34.3 Å². The van der Waals surface area contributed by atoms with Crippen molar-refractivity contribution in [3.8, 4) is 0 Å². The van der Waals surface area contributed by atoms with Gasteiger partial charge in [-0.1, -0.05) is 36.4 Å². The second-order valence-corrected chi connectivity index (χ2v) is 4.79. The fourth-order valence-corrected chi connectivity index (χ4v) is 2.32. The van der Waals surface area contributed by atoms with Gasteiger partial charge in [0.25, 0.3) is 5.91 Å². The highest BCUT2D eigenvalue weighted by Crippen LogP contribution is 2.23. The second kappa shape index (κ2) is 5.24. The van der Waals surface area contributed by atoms with Crippen LogP contribution >= 0.6 is 0 Å². The van der Waals surface area contributed by atoms with Crippen LogP contribution in [0.1, 0.15) is 6.42 Å². The SMILES string of the molecule is O=C(C[C@H]1NC(=O)NC1=O)Nc1cccc2ccccc12. The molecule has 21 heavy (non-hydrogen) atoms. The Kier molecular flexibility index (Phi) is 3.27. The van der Waals surface area contributed by atoms with Crippen molar-refractivity contribution in [1.29, 1.82) is 0 Å². The number of imide groups is 1. The zero-order valence-electron chi connectivity index (χ0n) is 11.1. The number of benzene rings is 2. The summed E-state index contributed by atoms with van der Waals surface area (Å²) in [6.07, 6.45) is -0.0964. The monoisotopic (exact) mass is 283 g/mol. The molecule has 0 spiro atoms. The molecule has 0 saturated carbocycles. The molecule has 4 amide bonds. The number of hydrogen-bond donors (Lipinski definition) is 3. The van der Waals surface area contributed by atoms with Crippen LogP contribution in [0.2, 0.25) is 0 Å². The Hall–Kier alpha value is -2.89. The first-order valence-electron chi connectivity index (χ1n) is 6.52. The molecule has 1 fully saturated rings. The summed E-state index contributed by atoms with van der Waals surface area (Å²) in [6.45, 7) is 0. The Labute approximate surface area is 120 Å². The number of anilines is 1. The van der Waals surface area contributed by atoms with E-state index in [-0.39, 0.29) is 12.3 Å². The molecule has 1 aliphatic rings. The minimum atomic E-state index is -0.813. The summed E-state index contributed by atoms with van der Waals surface area (Å²) in [5, 5.41) is 9.21.